The van der Waals surface area contributed by atoms with E-state index in [1.165, 1.54) is 10.9 Å². The van der Waals surface area contributed by atoms with Gasteiger partial charge in [-0.1, -0.05) is 5.10 Å². The molecule has 2 rings (SSSR count). The van der Waals surface area contributed by atoms with Crippen molar-refractivity contribution in [1.29, 1.82) is 0 Å². The summed E-state index contributed by atoms with van der Waals surface area (Å²) in [5, 5.41) is 13.3. The molecule has 100 valence electrons. The highest BCUT2D eigenvalue weighted by molar-refractivity contribution is 6.03. The minimum absolute atomic E-state index is 0.0167. The molecule has 1 amide bonds. The third kappa shape index (κ3) is 3.24. The highest BCUT2D eigenvalue weighted by Gasteiger charge is 2.11. The van der Waals surface area contributed by atoms with Crippen LogP contribution in [-0.2, 0) is 7.05 Å². The van der Waals surface area contributed by atoms with Gasteiger partial charge in [0, 0.05) is 13.2 Å². The minimum Gasteiger partial charge on any atom is -0.489 e. The van der Waals surface area contributed by atoms with E-state index in [-0.39, 0.29) is 18.0 Å². The third-order valence-corrected chi connectivity index (χ3v) is 2.19. The van der Waals surface area contributed by atoms with E-state index < -0.39 is 0 Å². The molecule has 2 heterocycles. The first kappa shape index (κ1) is 12.9. The first-order chi connectivity index (χ1) is 9.06. The normalized spacial score (nSPS) is 10.5. The fraction of sp³-hybridized carbons (Fsp3) is 0.364. The predicted octanol–water partition coefficient (Wildman–Crippen LogP) is 0.645. The summed E-state index contributed by atoms with van der Waals surface area (Å²) in [6.07, 6.45) is 3.02. The molecule has 0 radical (unpaired) electrons. The van der Waals surface area contributed by atoms with Crippen molar-refractivity contribution in [3.63, 3.8) is 0 Å². The molecule has 0 atom stereocenters. The Morgan fingerprint density at radius 1 is 1.42 bits per heavy atom. The van der Waals surface area contributed by atoms with Crippen LogP contribution in [0.2, 0.25) is 0 Å². The van der Waals surface area contributed by atoms with Gasteiger partial charge in [-0.3, -0.25) is 15.1 Å². The van der Waals surface area contributed by atoms with E-state index in [1.807, 2.05) is 13.8 Å². The van der Waals surface area contributed by atoms with E-state index in [1.54, 1.807) is 19.3 Å². The summed E-state index contributed by atoms with van der Waals surface area (Å²) in [5.41, 5.74) is 0.376. The van der Waals surface area contributed by atoms with Crippen molar-refractivity contribution in [2.24, 2.45) is 7.05 Å². The molecule has 0 aliphatic carbocycles. The Balaban J connectivity index is 2.13. The summed E-state index contributed by atoms with van der Waals surface area (Å²) in [7, 11) is 1.63. The zero-order valence-corrected chi connectivity index (χ0v) is 10.9. The molecule has 0 bridgehead atoms. The van der Waals surface area contributed by atoms with Crippen molar-refractivity contribution in [3.8, 4) is 5.75 Å². The van der Waals surface area contributed by atoms with Crippen LogP contribution < -0.4 is 10.1 Å². The van der Waals surface area contributed by atoms with Crippen LogP contribution >= 0.6 is 0 Å². The molecule has 0 unspecified atom stereocenters. The second-order valence-corrected chi connectivity index (χ2v) is 4.16. The van der Waals surface area contributed by atoms with E-state index in [2.05, 4.69) is 25.8 Å². The Hall–Kier alpha value is -2.51. The largest absolute Gasteiger partial charge is 0.489 e. The Labute approximate surface area is 109 Å². The number of amides is 1. The molecule has 0 aliphatic heterocycles. The van der Waals surface area contributed by atoms with Gasteiger partial charge in [-0.05, 0) is 30.3 Å². The summed E-state index contributed by atoms with van der Waals surface area (Å²) < 4.78 is 6.84. The van der Waals surface area contributed by atoms with Crippen molar-refractivity contribution in [3.05, 3.63) is 24.0 Å². The lowest BCUT2D eigenvalue weighted by Crippen LogP contribution is -2.16. The number of aryl methyl sites for hydroxylation is 1. The number of anilines is 1. The second-order valence-electron chi connectivity index (χ2n) is 4.16. The maximum absolute atomic E-state index is 12.0. The number of carbonyl (C=O) groups excluding carboxylic acids is 1. The van der Waals surface area contributed by atoms with Crippen molar-refractivity contribution in [1.82, 2.24) is 25.2 Å². The van der Waals surface area contributed by atoms with E-state index >= 15 is 0 Å². The molecule has 0 saturated heterocycles. The number of nitrogens with zero attached hydrogens (tertiary/aromatic N) is 5. The van der Waals surface area contributed by atoms with Gasteiger partial charge in [-0.15, -0.1) is 0 Å². The van der Waals surface area contributed by atoms with Gasteiger partial charge in [0.15, 0.2) is 0 Å². The molecular weight excluding hydrogens is 248 g/mol. The monoisotopic (exact) mass is 262 g/mol. The zero-order valence-electron chi connectivity index (χ0n) is 10.9. The van der Waals surface area contributed by atoms with E-state index in [0.717, 1.165) is 0 Å². The van der Waals surface area contributed by atoms with Gasteiger partial charge in [-0.25, -0.2) is 4.68 Å². The lowest BCUT2D eigenvalue weighted by atomic mass is 10.2. The lowest BCUT2D eigenvalue weighted by molar-refractivity contribution is 0.102. The van der Waals surface area contributed by atoms with E-state index in [4.69, 9.17) is 4.74 Å². The minimum atomic E-state index is -0.348. The quantitative estimate of drug-likeness (QED) is 0.869. The Kier molecular flexibility index (Phi) is 3.69. The first-order valence-corrected chi connectivity index (χ1v) is 5.71. The zero-order chi connectivity index (χ0) is 13.8. The van der Waals surface area contributed by atoms with Gasteiger partial charge in [0.1, 0.15) is 5.75 Å². The third-order valence-electron chi connectivity index (χ3n) is 2.19. The molecule has 8 nitrogen and oxygen atoms in total. The van der Waals surface area contributed by atoms with Crippen molar-refractivity contribution in [2.45, 2.75) is 20.0 Å². The van der Waals surface area contributed by atoms with Gasteiger partial charge in [0.25, 0.3) is 5.91 Å². The molecule has 0 spiro atoms. The standard InChI is InChI=1S/C11H14N6O2/c1-7(2)19-9-4-8(5-12-6-9)10(18)13-11-14-15-16-17(11)3/h4-7H,1-3H3,(H,13,14,16,18). The first-order valence-electron chi connectivity index (χ1n) is 5.71. The summed E-state index contributed by atoms with van der Waals surface area (Å²) in [6, 6.07) is 1.62. The summed E-state index contributed by atoms with van der Waals surface area (Å²) in [5.74, 6) is 0.457. The summed E-state index contributed by atoms with van der Waals surface area (Å²) in [4.78, 5) is 16.0. The average molecular weight is 262 g/mol. The number of carbonyl (C=O) groups is 1. The molecule has 1 N–H and O–H groups in total. The predicted molar refractivity (Wildman–Crippen MR) is 66.8 cm³/mol. The van der Waals surface area contributed by atoms with Gasteiger partial charge in [-0.2, -0.15) is 0 Å². The Morgan fingerprint density at radius 3 is 2.84 bits per heavy atom. The van der Waals surface area contributed by atoms with Crippen LogP contribution in [0, 0.1) is 0 Å². The summed E-state index contributed by atoms with van der Waals surface area (Å²) in [6.45, 7) is 3.80. The SMILES string of the molecule is CC(C)Oc1cncc(C(=O)Nc2nnnn2C)c1. The molecule has 0 fully saturated rings. The van der Waals surface area contributed by atoms with Crippen LogP contribution in [-0.4, -0.2) is 37.2 Å². The number of rotatable bonds is 4. The van der Waals surface area contributed by atoms with Gasteiger partial charge in [0.2, 0.25) is 5.95 Å². The van der Waals surface area contributed by atoms with Crippen molar-refractivity contribution >= 4 is 11.9 Å². The van der Waals surface area contributed by atoms with Crippen LogP contribution in [0.1, 0.15) is 24.2 Å². The lowest BCUT2D eigenvalue weighted by Gasteiger charge is -2.10. The smallest absolute Gasteiger partial charge is 0.259 e. The highest BCUT2D eigenvalue weighted by atomic mass is 16.5. The van der Waals surface area contributed by atoms with Crippen LogP contribution in [0.15, 0.2) is 18.5 Å². The molecular formula is C11H14N6O2. The Bertz CT molecular complexity index is 580. The van der Waals surface area contributed by atoms with Crippen LogP contribution in [0.3, 0.4) is 0 Å². The second kappa shape index (κ2) is 5.42. The number of hydrogen-bond acceptors (Lipinski definition) is 6. The molecule has 8 heteroatoms. The number of aromatic nitrogens is 5. The average Bonchev–Trinajstić information content (AvgIpc) is 2.74. The van der Waals surface area contributed by atoms with Crippen molar-refractivity contribution < 1.29 is 9.53 Å². The number of tetrazole rings is 1. The molecule has 0 aromatic carbocycles. The summed E-state index contributed by atoms with van der Waals surface area (Å²) >= 11 is 0. The number of pyridine rings is 1. The van der Waals surface area contributed by atoms with Crippen molar-refractivity contribution in [2.75, 3.05) is 5.32 Å². The molecule has 2 aromatic rings. The Morgan fingerprint density at radius 2 is 2.21 bits per heavy atom. The van der Waals surface area contributed by atoms with Gasteiger partial charge < -0.3 is 4.74 Å². The van der Waals surface area contributed by atoms with Gasteiger partial charge in [0.05, 0.1) is 17.9 Å². The fourth-order valence-electron chi connectivity index (χ4n) is 1.39. The molecule has 0 saturated carbocycles. The van der Waals surface area contributed by atoms with Gasteiger partial charge >= 0.3 is 0 Å². The number of hydrogen-bond donors (Lipinski definition) is 1. The molecule has 2 aromatic heterocycles. The maximum atomic E-state index is 12.0. The number of ether oxygens (including phenoxy) is 1. The topological polar surface area (TPSA) is 94.8 Å². The van der Waals surface area contributed by atoms with E-state index in [0.29, 0.717) is 11.3 Å². The molecule has 0 aliphatic rings. The van der Waals surface area contributed by atoms with Crippen LogP contribution in [0.4, 0.5) is 5.95 Å². The fourth-order valence-corrected chi connectivity index (χ4v) is 1.39. The van der Waals surface area contributed by atoms with E-state index in [9.17, 15) is 4.79 Å². The van der Waals surface area contributed by atoms with Crippen LogP contribution in [0.5, 0.6) is 5.75 Å². The number of nitrogens with one attached hydrogen (secondary N) is 1. The highest BCUT2D eigenvalue weighted by Crippen LogP contribution is 2.13. The van der Waals surface area contributed by atoms with Crippen LogP contribution in [0.25, 0.3) is 0 Å². The molecule has 19 heavy (non-hydrogen) atoms. The maximum Gasteiger partial charge on any atom is 0.259 e.